The number of hydrogen-bond donors (Lipinski definition) is 0. The van der Waals surface area contributed by atoms with E-state index < -0.39 is 5.82 Å². The van der Waals surface area contributed by atoms with Crippen molar-refractivity contribution in [2.24, 2.45) is 11.8 Å². The van der Waals surface area contributed by atoms with Gasteiger partial charge < -0.3 is 14.2 Å². The second kappa shape index (κ2) is 15.1. The summed E-state index contributed by atoms with van der Waals surface area (Å²) in [6, 6.07) is 14.2. The van der Waals surface area contributed by atoms with Crippen molar-refractivity contribution in [3.63, 3.8) is 0 Å². The Bertz CT molecular complexity index is 1080. The van der Waals surface area contributed by atoms with E-state index in [9.17, 15) is 14.0 Å². The van der Waals surface area contributed by atoms with Crippen LogP contribution >= 0.6 is 0 Å². The highest BCUT2D eigenvalue weighted by Crippen LogP contribution is 2.38. The van der Waals surface area contributed by atoms with Gasteiger partial charge in [0.1, 0.15) is 0 Å². The number of hydrogen-bond acceptors (Lipinski definition) is 5. The summed E-state index contributed by atoms with van der Waals surface area (Å²) in [5.41, 5.74) is 2.35. The summed E-state index contributed by atoms with van der Waals surface area (Å²) >= 11 is 0. The number of ketones is 1. The lowest BCUT2D eigenvalue weighted by atomic mass is 9.90. The first-order valence-corrected chi connectivity index (χ1v) is 12.9. The van der Waals surface area contributed by atoms with E-state index in [1.807, 2.05) is 18.2 Å². The van der Waals surface area contributed by atoms with Crippen LogP contribution in [0.25, 0.3) is 0 Å². The van der Waals surface area contributed by atoms with Crippen molar-refractivity contribution >= 4 is 11.8 Å². The van der Waals surface area contributed by atoms with Crippen LogP contribution in [0, 0.1) is 24.6 Å². The molecule has 0 bridgehead atoms. The number of halogens is 1. The number of ether oxygens (including phenoxy) is 3. The Morgan fingerprint density at radius 1 is 1.05 bits per heavy atom. The fourth-order valence-electron chi connectivity index (χ4n) is 4.62. The molecule has 1 fully saturated rings. The first-order valence-electron chi connectivity index (χ1n) is 12.9. The van der Waals surface area contributed by atoms with Crippen LogP contribution in [0.3, 0.4) is 0 Å². The Labute approximate surface area is 219 Å². The third-order valence-corrected chi connectivity index (χ3v) is 6.81. The van der Waals surface area contributed by atoms with E-state index in [4.69, 9.17) is 9.47 Å². The summed E-state index contributed by atoms with van der Waals surface area (Å²) in [6.45, 7) is 2.39. The Kier molecular flexibility index (Phi) is 11.6. The number of rotatable bonds is 14. The lowest BCUT2D eigenvalue weighted by Gasteiger charge is -2.22. The molecule has 0 aromatic heterocycles. The maximum absolute atomic E-state index is 13.8. The highest BCUT2D eigenvalue weighted by Gasteiger charge is 2.34. The van der Waals surface area contributed by atoms with Gasteiger partial charge in [-0.05, 0) is 74.3 Å². The molecule has 2 unspecified atom stereocenters. The highest BCUT2D eigenvalue weighted by atomic mass is 19.1. The molecule has 5 nitrogen and oxygen atoms in total. The van der Waals surface area contributed by atoms with Crippen LogP contribution < -0.4 is 4.74 Å². The maximum atomic E-state index is 13.8. The number of esters is 1. The van der Waals surface area contributed by atoms with Gasteiger partial charge in [-0.3, -0.25) is 9.59 Å². The number of carbonyl (C=O) groups excluding carboxylic acids is 2. The van der Waals surface area contributed by atoms with Crippen LogP contribution in [-0.2, 0) is 25.7 Å². The molecule has 1 saturated carbocycles. The Morgan fingerprint density at radius 3 is 2.62 bits per heavy atom. The SMILES string of the molecule is COC(=O)CCC/C=C\CC1CC[C@@H](OCc2ccccc2C)C1/C=C/C(=O)COc1ccccc1F. The number of carbonyl (C=O) groups is 2. The second-order valence-corrected chi connectivity index (χ2v) is 9.41. The molecular weight excluding hydrogens is 471 g/mol. The summed E-state index contributed by atoms with van der Waals surface area (Å²) in [5, 5.41) is 0. The smallest absolute Gasteiger partial charge is 0.305 e. The van der Waals surface area contributed by atoms with Crippen LogP contribution in [0.15, 0.2) is 72.8 Å². The molecule has 2 aromatic carbocycles. The number of benzene rings is 2. The molecule has 3 atom stereocenters. The van der Waals surface area contributed by atoms with E-state index >= 15 is 0 Å². The zero-order valence-electron chi connectivity index (χ0n) is 21.7. The van der Waals surface area contributed by atoms with Gasteiger partial charge in [-0.25, -0.2) is 4.39 Å². The van der Waals surface area contributed by atoms with E-state index in [0.29, 0.717) is 18.9 Å². The molecule has 0 spiro atoms. The third-order valence-electron chi connectivity index (χ3n) is 6.81. The Balaban J connectivity index is 1.59. The minimum absolute atomic E-state index is 0.00821. The predicted octanol–water partition coefficient (Wildman–Crippen LogP) is 6.54. The van der Waals surface area contributed by atoms with Gasteiger partial charge in [0, 0.05) is 12.3 Å². The van der Waals surface area contributed by atoms with Gasteiger partial charge >= 0.3 is 5.97 Å². The van der Waals surface area contributed by atoms with Crippen molar-refractivity contribution in [2.75, 3.05) is 13.7 Å². The zero-order chi connectivity index (χ0) is 26.5. The molecule has 0 N–H and O–H groups in total. The van der Waals surface area contributed by atoms with Gasteiger partial charge in [0.15, 0.2) is 24.0 Å². The topological polar surface area (TPSA) is 61.8 Å². The van der Waals surface area contributed by atoms with Crippen molar-refractivity contribution in [2.45, 2.75) is 58.2 Å². The number of methoxy groups -OCH3 is 1. The molecule has 0 radical (unpaired) electrons. The summed E-state index contributed by atoms with van der Waals surface area (Å²) in [7, 11) is 1.40. The van der Waals surface area contributed by atoms with Crippen LogP contribution in [0.4, 0.5) is 4.39 Å². The van der Waals surface area contributed by atoms with E-state index in [1.165, 1.54) is 24.8 Å². The molecule has 3 rings (SSSR count). The fraction of sp³-hybridized carbons (Fsp3) is 0.419. The van der Waals surface area contributed by atoms with Crippen LogP contribution in [-0.4, -0.2) is 31.6 Å². The van der Waals surface area contributed by atoms with Crippen molar-refractivity contribution in [1.29, 1.82) is 0 Å². The largest absolute Gasteiger partial charge is 0.482 e. The summed E-state index contributed by atoms with van der Waals surface area (Å²) < 4.78 is 30.2. The molecule has 0 saturated heterocycles. The Morgan fingerprint density at radius 2 is 1.84 bits per heavy atom. The van der Waals surface area contributed by atoms with Crippen LogP contribution in [0.2, 0.25) is 0 Å². The molecule has 0 aliphatic heterocycles. The van der Waals surface area contributed by atoms with E-state index in [0.717, 1.165) is 37.7 Å². The van der Waals surface area contributed by atoms with Crippen molar-refractivity contribution in [3.8, 4) is 5.75 Å². The number of allylic oxidation sites excluding steroid dienone is 2. The standard InChI is InChI=1S/C31H37FO5/c1-23-11-7-8-13-25(23)21-36-29-20-17-24(12-5-3-4-6-16-31(34)35-2)27(29)19-18-26(33)22-37-30-15-10-9-14-28(30)32/h3,5,7-11,13-15,18-19,24,27,29H,4,6,12,16-17,20-22H2,1-2H3/b5-3-,19-18+/t24?,27?,29-/m1/s1. The number of aryl methyl sites for hydroxylation is 1. The average molecular weight is 509 g/mol. The molecular formula is C31H37FO5. The van der Waals surface area contributed by atoms with Gasteiger partial charge in [-0.1, -0.05) is 54.6 Å². The summed E-state index contributed by atoms with van der Waals surface area (Å²) in [6.07, 6.45) is 12.6. The van der Waals surface area contributed by atoms with Crippen molar-refractivity contribution in [1.82, 2.24) is 0 Å². The minimum atomic E-state index is -0.488. The maximum Gasteiger partial charge on any atom is 0.305 e. The van der Waals surface area contributed by atoms with Gasteiger partial charge in [-0.15, -0.1) is 0 Å². The Hall–Kier alpha value is -3.25. The van der Waals surface area contributed by atoms with Gasteiger partial charge in [0.2, 0.25) is 0 Å². The molecule has 37 heavy (non-hydrogen) atoms. The van der Waals surface area contributed by atoms with E-state index in [1.54, 1.807) is 18.2 Å². The average Bonchev–Trinajstić information content (AvgIpc) is 3.29. The highest BCUT2D eigenvalue weighted by molar-refractivity contribution is 5.91. The van der Waals surface area contributed by atoms with Crippen LogP contribution in [0.5, 0.6) is 5.75 Å². The third kappa shape index (κ3) is 9.29. The molecule has 0 amide bonds. The van der Waals surface area contributed by atoms with E-state index in [-0.39, 0.29) is 36.1 Å². The zero-order valence-corrected chi connectivity index (χ0v) is 21.7. The van der Waals surface area contributed by atoms with Gasteiger partial charge in [0.05, 0.1) is 19.8 Å². The minimum Gasteiger partial charge on any atom is -0.482 e. The van der Waals surface area contributed by atoms with Gasteiger partial charge in [-0.2, -0.15) is 0 Å². The molecule has 1 aliphatic carbocycles. The second-order valence-electron chi connectivity index (χ2n) is 9.41. The molecule has 0 heterocycles. The van der Waals surface area contributed by atoms with Crippen molar-refractivity contribution < 1.29 is 28.2 Å². The monoisotopic (exact) mass is 508 g/mol. The first-order chi connectivity index (χ1) is 18.0. The first kappa shape index (κ1) is 28.3. The lowest BCUT2D eigenvalue weighted by Crippen LogP contribution is -2.21. The molecule has 198 valence electrons. The lowest BCUT2D eigenvalue weighted by molar-refractivity contribution is -0.140. The molecule has 6 heteroatoms. The van der Waals surface area contributed by atoms with Crippen molar-refractivity contribution in [3.05, 3.63) is 89.8 Å². The molecule has 2 aromatic rings. The molecule has 1 aliphatic rings. The number of unbranched alkanes of at least 4 members (excludes halogenated alkanes) is 1. The van der Waals surface area contributed by atoms with E-state index in [2.05, 4.69) is 35.9 Å². The summed E-state index contributed by atoms with van der Waals surface area (Å²) in [4.78, 5) is 23.8. The normalized spacial score (nSPS) is 19.5. The fourth-order valence-corrected chi connectivity index (χ4v) is 4.62. The van der Waals surface area contributed by atoms with Gasteiger partial charge in [0.25, 0.3) is 0 Å². The predicted molar refractivity (Wildman–Crippen MR) is 142 cm³/mol. The number of para-hydroxylation sites is 1. The summed E-state index contributed by atoms with van der Waals surface area (Å²) in [5.74, 6) is -0.397. The van der Waals surface area contributed by atoms with Crippen LogP contribution in [0.1, 0.15) is 49.7 Å². The quantitative estimate of drug-likeness (QED) is 0.126.